The number of methoxy groups -OCH3 is 1. The third-order valence-corrected chi connectivity index (χ3v) is 3.72. The molecule has 1 heterocycles. The Labute approximate surface area is 147 Å². The van der Waals surface area contributed by atoms with Crippen LogP contribution in [0.2, 0.25) is 0 Å². The maximum atomic E-state index is 11.6. The summed E-state index contributed by atoms with van der Waals surface area (Å²) >= 11 is 5.22. The van der Waals surface area contributed by atoms with Gasteiger partial charge in [-0.05, 0) is 43.4 Å². The Kier molecular flexibility index (Phi) is 6.80. The number of anilines is 1. The van der Waals surface area contributed by atoms with Crippen LogP contribution in [0, 0.1) is 0 Å². The molecular weight excluding hydrogens is 328 g/mol. The smallest absolute Gasteiger partial charge is 0.409 e. The van der Waals surface area contributed by atoms with Gasteiger partial charge in [0.2, 0.25) is 0 Å². The molecular formula is C16H22N4O3S. The standard InChI is InChI=1S/C16H22N4O3S/c1-3-23-16(21)20-10-8-13(9-11-20)18-19-15(24)17-12-4-6-14(22-2)7-5-12/h4-7H,3,8-11H2,1-2H3,(H2,17,19,24). The Hall–Kier alpha value is -2.35. The Morgan fingerprint density at radius 2 is 1.96 bits per heavy atom. The van der Waals surface area contributed by atoms with Crippen molar-refractivity contribution in [2.75, 3.05) is 32.1 Å². The molecule has 1 fully saturated rings. The van der Waals surface area contributed by atoms with E-state index in [1.165, 1.54) is 0 Å². The number of hydrogen-bond donors (Lipinski definition) is 2. The SMILES string of the molecule is CCOC(=O)N1CCC(=NNC(=S)Nc2ccc(OC)cc2)CC1. The zero-order chi connectivity index (χ0) is 17.4. The van der Waals surface area contributed by atoms with Crippen molar-refractivity contribution in [1.29, 1.82) is 0 Å². The topological polar surface area (TPSA) is 75.2 Å². The second-order valence-electron chi connectivity index (χ2n) is 5.16. The summed E-state index contributed by atoms with van der Waals surface area (Å²) in [6, 6.07) is 7.44. The summed E-state index contributed by atoms with van der Waals surface area (Å²) in [6.07, 6.45) is 1.15. The van der Waals surface area contributed by atoms with Crippen molar-refractivity contribution in [3.05, 3.63) is 24.3 Å². The molecule has 0 radical (unpaired) electrons. The monoisotopic (exact) mass is 350 g/mol. The third-order valence-electron chi connectivity index (χ3n) is 3.53. The van der Waals surface area contributed by atoms with Crippen molar-refractivity contribution in [3.8, 4) is 5.75 Å². The first-order chi connectivity index (χ1) is 11.6. The van der Waals surface area contributed by atoms with Crippen molar-refractivity contribution in [3.63, 3.8) is 0 Å². The predicted molar refractivity (Wildman–Crippen MR) is 97.6 cm³/mol. The molecule has 0 aromatic heterocycles. The summed E-state index contributed by atoms with van der Waals surface area (Å²) in [7, 11) is 1.62. The minimum absolute atomic E-state index is 0.263. The van der Waals surface area contributed by atoms with Crippen LogP contribution >= 0.6 is 12.2 Å². The second kappa shape index (κ2) is 9.07. The largest absolute Gasteiger partial charge is 0.497 e. The van der Waals surface area contributed by atoms with Gasteiger partial charge in [-0.25, -0.2) is 4.79 Å². The van der Waals surface area contributed by atoms with Crippen LogP contribution in [-0.2, 0) is 4.74 Å². The maximum absolute atomic E-state index is 11.6. The average molecular weight is 350 g/mol. The summed E-state index contributed by atoms with van der Waals surface area (Å²) in [5, 5.41) is 7.78. The van der Waals surface area contributed by atoms with Crippen molar-refractivity contribution in [2.45, 2.75) is 19.8 Å². The highest BCUT2D eigenvalue weighted by Gasteiger charge is 2.20. The fourth-order valence-corrected chi connectivity index (χ4v) is 2.40. The van der Waals surface area contributed by atoms with Crippen LogP contribution < -0.4 is 15.5 Å². The lowest BCUT2D eigenvalue weighted by molar-refractivity contribution is 0.107. The predicted octanol–water partition coefficient (Wildman–Crippen LogP) is 2.59. The van der Waals surface area contributed by atoms with Crippen LogP contribution in [0.5, 0.6) is 5.75 Å². The molecule has 0 saturated carbocycles. The van der Waals surface area contributed by atoms with Crippen molar-refractivity contribution in [2.24, 2.45) is 5.10 Å². The first-order valence-electron chi connectivity index (χ1n) is 7.80. The molecule has 2 N–H and O–H groups in total. The summed E-state index contributed by atoms with van der Waals surface area (Å²) in [6.45, 7) is 3.41. The number of carbonyl (C=O) groups is 1. The van der Waals surface area contributed by atoms with E-state index in [4.69, 9.17) is 21.7 Å². The Morgan fingerprint density at radius 1 is 1.29 bits per heavy atom. The van der Waals surface area contributed by atoms with E-state index in [-0.39, 0.29) is 6.09 Å². The van der Waals surface area contributed by atoms with Crippen LogP contribution in [0.4, 0.5) is 10.5 Å². The summed E-state index contributed by atoms with van der Waals surface area (Å²) in [5.41, 5.74) is 4.67. The van der Waals surface area contributed by atoms with E-state index in [0.717, 1.165) is 17.1 Å². The van der Waals surface area contributed by atoms with E-state index in [2.05, 4.69) is 15.8 Å². The summed E-state index contributed by atoms with van der Waals surface area (Å²) in [4.78, 5) is 13.3. The molecule has 0 atom stereocenters. The van der Waals surface area contributed by atoms with Crippen LogP contribution in [-0.4, -0.2) is 48.6 Å². The molecule has 0 spiro atoms. The van der Waals surface area contributed by atoms with E-state index < -0.39 is 0 Å². The number of piperidine rings is 1. The number of likely N-dealkylation sites (tertiary alicyclic amines) is 1. The fraction of sp³-hybridized carbons (Fsp3) is 0.438. The Morgan fingerprint density at radius 3 is 2.54 bits per heavy atom. The quantitative estimate of drug-likeness (QED) is 0.642. The lowest BCUT2D eigenvalue weighted by atomic mass is 10.1. The molecule has 0 bridgehead atoms. The number of nitrogens with one attached hydrogen (secondary N) is 2. The highest BCUT2D eigenvalue weighted by Crippen LogP contribution is 2.15. The van der Waals surface area contributed by atoms with Gasteiger partial charge < -0.3 is 19.7 Å². The Bertz CT molecular complexity index is 594. The maximum Gasteiger partial charge on any atom is 0.409 e. The van der Waals surface area contributed by atoms with Gasteiger partial charge in [-0.3, -0.25) is 5.43 Å². The zero-order valence-corrected chi connectivity index (χ0v) is 14.7. The van der Waals surface area contributed by atoms with Gasteiger partial charge in [0, 0.05) is 37.3 Å². The molecule has 1 aliphatic heterocycles. The minimum Gasteiger partial charge on any atom is -0.497 e. The van der Waals surface area contributed by atoms with Crippen LogP contribution in [0.1, 0.15) is 19.8 Å². The fourth-order valence-electron chi connectivity index (χ4n) is 2.24. The van der Waals surface area contributed by atoms with Crippen molar-refractivity contribution >= 4 is 34.8 Å². The number of nitrogens with zero attached hydrogens (tertiary/aromatic N) is 2. The lowest BCUT2D eigenvalue weighted by Gasteiger charge is -2.26. The van der Waals surface area contributed by atoms with E-state index in [9.17, 15) is 4.79 Å². The van der Waals surface area contributed by atoms with Gasteiger partial charge in [0.15, 0.2) is 5.11 Å². The number of benzene rings is 1. The molecule has 8 heteroatoms. The third kappa shape index (κ3) is 5.38. The van der Waals surface area contributed by atoms with Gasteiger partial charge >= 0.3 is 6.09 Å². The number of thiocarbonyl (C=S) groups is 1. The van der Waals surface area contributed by atoms with Gasteiger partial charge in [-0.2, -0.15) is 5.10 Å². The molecule has 1 aromatic rings. The molecule has 0 aliphatic carbocycles. The minimum atomic E-state index is -0.263. The van der Waals surface area contributed by atoms with Crippen molar-refractivity contribution in [1.82, 2.24) is 10.3 Å². The Balaban J connectivity index is 1.77. The van der Waals surface area contributed by atoms with Gasteiger partial charge in [0.05, 0.1) is 13.7 Å². The van der Waals surface area contributed by atoms with Gasteiger partial charge in [0.25, 0.3) is 0 Å². The molecule has 0 unspecified atom stereocenters. The first kappa shape index (κ1) is 18.0. The highest BCUT2D eigenvalue weighted by atomic mass is 32.1. The normalized spacial score (nSPS) is 13.9. The lowest BCUT2D eigenvalue weighted by Crippen LogP contribution is -2.39. The summed E-state index contributed by atoms with van der Waals surface area (Å²) in [5.74, 6) is 0.785. The summed E-state index contributed by atoms with van der Waals surface area (Å²) < 4.78 is 10.1. The number of ether oxygens (including phenoxy) is 2. The molecule has 1 aliphatic rings. The molecule has 24 heavy (non-hydrogen) atoms. The highest BCUT2D eigenvalue weighted by molar-refractivity contribution is 7.80. The number of amides is 1. The van der Waals surface area contributed by atoms with Gasteiger partial charge in [-0.15, -0.1) is 0 Å². The van der Waals surface area contributed by atoms with Crippen molar-refractivity contribution < 1.29 is 14.3 Å². The number of rotatable bonds is 4. The number of hydrazone groups is 1. The first-order valence-corrected chi connectivity index (χ1v) is 8.21. The molecule has 2 rings (SSSR count). The number of carbonyl (C=O) groups excluding carboxylic acids is 1. The van der Waals surface area contributed by atoms with Crippen LogP contribution in [0.3, 0.4) is 0 Å². The molecule has 1 saturated heterocycles. The molecule has 130 valence electrons. The van der Waals surface area contributed by atoms with Gasteiger partial charge in [-0.1, -0.05) is 0 Å². The molecule has 7 nitrogen and oxygen atoms in total. The van der Waals surface area contributed by atoms with Gasteiger partial charge in [0.1, 0.15) is 5.75 Å². The molecule has 1 amide bonds. The van der Waals surface area contributed by atoms with E-state index in [1.807, 2.05) is 24.3 Å². The average Bonchev–Trinajstić information content (AvgIpc) is 2.61. The van der Waals surface area contributed by atoms with Crippen LogP contribution in [0.25, 0.3) is 0 Å². The zero-order valence-electron chi connectivity index (χ0n) is 13.9. The van der Waals surface area contributed by atoms with E-state index in [1.54, 1.807) is 18.9 Å². The second-order valence-corrected chi connectivity index (χ2v) is 5.57. The molecule has 1 aromatic carbocycles. The van der Waals surface area contributed by atoms with E-state index in [0.29, 0.717) is 37.7 Å². The number of hydrogen-bond acceptors (Lipinski definition) is 5. The van der Waals surface area contributed by atoms with E-state index >= 15 is 0 Å². The van der Waals surface area contributed by atoms with Crippen LogP contribution in [0.15, 0.2) is 29.4 Å².